The lowest BCUT2D eigenvalue weighted by Crippen LogP contribution is -2.51. The molecule has 0 bridgehead atoms. The summed E-state index contributed by atoms with van der Waals surface area (Å²) < 4.78 is 6.17. The Hall–Kier alpha value is -1.43. The molecule has 0 aliphatic carbocycles. The van der Waals surface area contributed by atoms with Crippen molar-refractivity contribution in [2.75, 3.05) is 24.5 Å². The van der Waals surface area contributed by atoms with Crippen LogP contribution >= 0.6 is 39.1 Å². The Labute approximate surface area is 171 Å². The van der Waals surface area contributed by atoms with Gasteiger partial charge < -0.3 is 14.5 Å². The van der Waals surface area contributed by atoms with E-state index in [1.165, 1.54) is 0 Å². The van der Waals surface area contributed by atoms with Gasteiger partial charge in [-0.3, -0.25) is 0 Å². The van der Waals surface area contributed by atoms with Gasteiger partial charge in [0.2, 0.25) is 0 Å². The van der Waals surface area contributed by atoms with Crippen LogP contribution in [0.4, 0.5) is 10.5 Å². The van der Waals surface area contributed by atoms with Gasteiger partial charge in [0.25, 0.3) is 0 Å². The van der Waals surface area contributed by atoms with E-state index in [4.69, 9.17) is 27.9 Å². The highest BCUT2D eigenvalue weighted by Crippen LogP contribution is 2.32. The standard InChI is InChI=1S/C19H19BrCl2N2O2/c1-13(21)26-19(25)23-10-11-24(17-8-6-16(22)7-9-17)18(12-23)14-2-4-15(20)5-3-14/h2-9,13,18H,10-12H2,1H3. The van der Waals surface area contributed by atoms with Gasteiger partial charge in [-0.1, -0.05) is 51.3 Å². The van der Waals surface area contributed by atoms with Gasteiger partial charge in [0.05, 0.1) is 6.04 Å². The van der Waals surface area contributed by atoms with E-state index in [2.05, 4.69) is 33.0 Å². The molecule has 2 atom stereocenters. The Kier molecular flexibility index (Phi) is 6.33. The zero-order chi connectivity index (χ0) is 18.7. The van der Waals surface area contributed by atoms with E-state index in [0.29, 0.717) is 24.7 Å². The van der Waals surface area contributed by atoms with Crippen molar-refractivity contribution in [1.29, 1.82) is 0 Å². The summed E-state index contributed by atoms with van der Waals surface area (Å²) in [4.78, 5) is 16.3. The molecule has 3 rings (SSSR count). The zero-order valence-electron chi connectivity index (χ0n) is 14.2. The van der Waals surface area contributed by atoms with Crippen molar-refractivity contribution in [3.05, 3.63) is 63.6 Å². The third-order valence-corrected chi connectivity index (χ3v) is 5.18. The number of piperazine rings is 1. The minimum atomic E-state index is -0.650. The van der Waals surface area contributed by atoms with Gasteiger partial charge >= 0.3 is 6.09 Å². The zero-order valence-corrected chi connectivity index (χ0v) is 17.3. The van der Waals surface area contributed by atoms with Crippen LogP contribution in [0, 0.1) is 0 Å². The van der Waals surface area contributed by atoms with Gasteiger partial charge in [-0.05, 0) is 48.9 Å². The molecule has 0 aromatic heterocycles. The van der Waals surface area contributed by atoms with Gasteiger partial charge in [-0.15, -0.1) is 0 Å². The molecule has 2 unspecified atom stereocenters. The number of nitrogens with zero attached hydrogens (tertiary/aromatic N) is 2. The lowest BCUT2D eigenvalue weighted by Gasteiger charge is -2.42. The molecule has 1 aliphatic rings. The van der Waals surface area contributed by atoms with Gasteiger partial charge in [-0.25, -0.2) is 4.79 Å². The Bertz CT molecular complexity index is 753. The first-order valence-corrected chi connectivity index (χ1v) is 9.92. The fraction of sp³-hybridized carbons (Fsp3) is 0.316. The second kappa shape index (κ2) is 8.51. The van der Waals surface area contributed by atoms with Gasteiger partial charge in [0.1, 0.15) is 0 Å². The van der Waals surface area contributed by atoms with Crippen molar-refractivity contribution in [2.45, 2.75) is 18.5 Å². The van der Waals surface area contributed by atoms with Gasteiger partial charge in [-0.2, -0.15) is 0 Å². The molecule has 1 aliphatic heterocycles. The molecule has 0 spiro atoms. The average Bonchev–Trinajstić information content (AvgIpc) is 2.62. The second-order valence-corrected chi connectivity index (χ2v) is 8.08. The highest BCUT2D eigenvalue weighted by Gasteiger charge is 2.32. The van der Waals surface area contributed by atoms with Gasteiger partial charge in [0, 0.05) is 34.8 Å². The van der Waals surface area contributed by atoms with E-state index >= 15 is 0 Å². The SMILES string of the molecule is CC(Cl)OC(=O)N1CCN(c2ccc(Cl)cc2)C(c2ccc(Br)cc2)C1. The Morgan fingerprint density at radius 2 is 1.81 bits per heavy atom. The molecule has 1 heterocycles. The number of benzene rings is 2. The number of amides is 1. The van der Waals surface area contributed by atoms with Crippen LogP contribution in [0.3, 0.4) is 0 Å². The number of carbonyl (C=O) groups is 1. The molecule has 1 fully saturated rings. The lowest BCUT2D eigenvalue weighted by atomic mass is 10.0. The Morgan fingerprint density at radius 1 is 1.15 bits per heavy atom. The number of ether oxygens (including phenoxy) is 1. The highest BCUT2D eigenvalue weighted by atomic mass is 79.9. The maximum Gasteiger partial charge on any atom is 0.411 e. The largest absolute Gasteiger partial charge is 0.430 e. The monoisotopic (exact) mass is 456 g/mol. The molecule has 138 valence electrons. The predicted octanol–water partition coefficient (Wildman–Crippen LogP) is 5.69. The van der Waals surface area contributed by atoms with E-state index < -0.39 is 5.56 Å². The van der Waals surface area contributed by atoms with Crippen molar-refractivity contribution in [2.24, 2.45) is 0 Å². The van der Waals surface area contributed by atoms with Crippen LogP contribution in [0.15, 0.2) is 53.0 Å². The summed E-state index contributed by atoms with van der Waals surface area (Å²) in [7, 11) is 0. The molecule has 0 radical (unpaired) electrons. The Morgan fingerprint density at radius 3 is 2.42 bits per heavy atom. The number of carbonyl (C=O) groups excluding carboxylic acids is 1. The molecular weight excluding hydrogens is 439 g/mol. The van der Waals surface area contributed by atoms with Crippen molar-refractivity contribution < 1.29 is 9.53 Å². The summed E-state index contributed by atoms with van der Waals surface area (Å²) in [5.74, 6) is 0. The summed E-state index contributed by atoms with van der Waals surface area (Å²) in [6.45, 7) is 3.41. The number of halogens is 3. The highest BCUT2D eigenvalue weighted by molar-refractivity contribution is 9.10. The maximum absolute atomic E-state index is 12.3. The van der Waals surface area contributed by atoms with Crippen molar-refractivity contribution in [3.8, 4) is 0 Å². The molecule has 1 saturated heterocycles. The molecule has 1 amide bonds. The quantitative estimate of drug-likeness (QED) is 0.555. The molecular formula is C19H19BrCl2N2O2. The summed E-state index contributed by atoms with van der Waals surface area (Å²) in [5.41, 5.74) is 1.54. The third kappa shape index (κ3) is 4.64. The summed E-state index contributed by atoms with van der Waals surface area (Å²) in [6, 6.07) is 15.9. The smallest absolute Gasteiger partial charge is 0.411 e. The minimum Gasteiger partial charge on any atom is -0.430 e. The van der Waals surface area contributed by atoms with Gasteiger partial charge in [0.15, 0.2) is 5.56 Å². The number of rotatable bonds is 3. The van der Waals surface area contributed by atoms with Crippen LogP contribution < -0.4 is 4.90 Å². The van der Waals surface area contributed by atoms with Crippen LogP contribution in [-0.4, -0.2) is 36.2 Å². The third-order valence-electron chi connectivity index (χ3n) is 4.31. The minimum absolute atomic E-state index is 0.0104. The number of anilines is 1. The summed E-state index contributed by atoms with van der Waals surface area (Å²) >= 11 is 15.3. The van der Waals surface area contributed by atoms with Crippen LogP contribution in [0.1, 0.15) is 18.5 Å². The van der Waals surface area contributed by atoms with E-state index in [9.17, 15) is 4.79 Å². The molecule has 2 aromatic rings. The van der Waals surface area contributed by atoms with Crippen LogP contribution in [0.5, 0.6) is 0 Å². The summed E-state index contributed by atoms with van der Waals surface area (Å²) in [5, 5.41) is 0.701. The van der Waals surface area contributed by atoms with Crippen molar-refractivity contribution in [1.82, 2.24) is 4.90 Å². The van der Waals surface area contributed by atoms with Crippen LogP contribution in [0.25, 0.3) is 0 Å². The molecule has 0 N–H and O–H groups in total. The van der Waals surface area contributed by atoms with Crippen LogP contribution in [-0.2, 0) is 4.74 Å². The first-order chi connectivity index (χ1) is 12.4. The molecule has 26 heavy (non-hydrogen) atoms. The van der Waals surface area contributed by atoms with Crippen molar-refractivity contribution >= 4 is 50.9 Å². The van der Waals surface area contributed by atoms with Crippen molar-refractivity contribution in [3.63, 3.8) is 0 Å². The topological polar surface area (TPSA) is 32.8 Å². The van der Waals surface area contributed by atoms with E-state index in [1.54, 1.807) is 11.8 Å². The normalized spacial score (nSPS) is 18.5. The number of hydrogen-bond acceptors (Lipinski definition) is 3. The molecule has 7 heteroatoms. The maximum atomic E-state index is 12.3. The number of alkyl halides is 1. The average molecular weight is 458 g/mol. The Balaban J connectivity index is 1.88. The van der Waals surface area contributed by atoms with E-state index in [-0.39, 0.29) is 12.1 Å². The first kappa shape index (κ1) is 19.3. The van der Waals surface area contributed by atoms with Crippen LogP contribution in [0.2, 0.25) is 5.02 Å². The second-order valence-electron chi connectivity index (χ2n) is 6.11. The fourth-order valence-electron chi connectivity index (χ4n) is 3.07. The molecule has 0 saturated carbocycles. The first-order valence-electron chi connectivity index (χ1n) is 8.31. The number of hydrogen-bond donors (Lipinski definition) is 0. The molecule has 2 aromatic carbocycles. The molecule has 4 nitrogen and oxygen atoms in total. The summed E-state index contributed by atoms with van der Waals surface area (Å²) in [6.07, 6.45) is -0.384. The van der Waals surface area contributed by atoms with E-state index in [1.807, 2.05) is 36.4 Å². The fourth-order valence-corrected chi connectivity index (χ4v) is 3.54. The predicted molar refractivity (Wildman–Crippen MR) is 109 cm³/mol. The van der Waals surface area contributed by atoms with E-state index in [0.717, 1.165) is 15.7 Å². The lowest BCUT2D eigenvalue weighted by molar-refractivity contribution is 0.0885.